The average Bonchev–Trinajstić information content (AvgIpc) is 3.30. The number of benzene rings is 1. The predicted octanol–water partition coefficient (Wildman–Crippen LogP) is 2.66. The lowest BCUT2D eigenvalue weighted by molar-refractivity contribution is 0.0979. The molecule has 2 fully saturated rings. The van der Waals surface area contributed by atoms with Gasteiger partial charge in [-0.05, 0) is 56.9 Å². The van der Waals surface area contributed by atoms with Crippen LogP contribution in [0.3, 0.4) is 0 Å². The number of nitrogens with two attached hydrogens (primary N) is 1. The molecule has 2 aromatic rings. The van der Waals surface area contributed by atoms with E-state index in [2.05, 4.69) is 16.6 Å². The summed E-state index contributed by atoms with van der Waals surface area (Å²) >= 11 is 0. The molecule has 2 atom stereocenters. The summed E-state index contributed by atoms with van der Waals surface area (Å²) < 4.78 is 56.5. The summed E-state index contributed by atoms with van der Waals surface area (Å²) in [5.74, 6) is -1.77. The summed E-state index contributed by atoms with van der Waals surface area (Å²) in [4.78, 5) is 19.7. The molecule has 2 aliphatic rings. The molecule has 1 amide bonds. The highest BCUT2D eigenvalue weighted by atomic mass is 32.2. The van der Waals surface area contributed by atoms with E-state index < -0.39 is 27.8 Å². The average molecular weight is 494 g/mol. The van der Waals surface area contributed by atoms with Gasteiger partial charge in [-0.15, -0.1) is 0 Å². The third kappa shape index (κ3) is 4.64. The first-order valence-electron chi connectivity index (χ1n) is 11.2. The number of halogens is 2. The maximum Gasteiger partial charge on any atom is 0.304 e. The number of nitrogens with zero attached hydrogens (tertiary/aromatic N) is 3. The zero-order valence-electron chi connectivity index (χ0n) is 19.4. The van der Waals surface area contributed by atoms with Gasteiger partial charge in [-0.1, -0.05) is 6.92 Å². The molecule has 34 heavy (non-hydrogen) atoms. The van der Waals surface area contributed by atoms with Gasteiger partial charge in [-0.2, -0.15) is 12.7 Å². The Hall–Kier alpha value is -2.63. The zero-order valence-corrected chi connectivity index (χ0v) is 20.2. The molecule has 0 aliphatic carbocycles. The third-order valence-corrected chi connectivity index (χ3v) is 8.42. The predicted molar refractivity (Wildman–Crippen MR) is 125 cm³/mol. The van der Waals surface area contributed by atoms with Crippen molar-refractivity contribution in [3.05, 3.63) is 47.5 Å². The van der Waals surface area contributed by atoms with Crippen LogP contribution in [0.15, 0.2) is 30.3 Å². The van der Waals surface area contributed by atoms with E-state index in [1.165, 1.54) is 12.1 Å². The third-order valence-electron chi connectivity index (χ3n) is 6.97. The smallest absolute Gasteiger partial charge is 0.304 e. The van der Waals surface area contributed by atoms with Crippen molar-refractivity contribution < 1.29 is 22.0 Å². The highest BCUT2D eigenvalue weighted by Gasteiger charge is 2.41. The first-order valence-corrected chi connectivity index (χ1v) is 12.7. The Morgan fingerprint density at radius 1 is 1.15 bits per heavy atom. The van der Waals surface area contributed by atoms with Gasteiger partial charge in [0.05, 0.1) is 11.3 Å². The standard InChI is InChI=1S/C23H29F2N5O3S/c1-14-6-9-30(23(14,2)3)21-19(22(31)28-34(32,33)29-8-7-18(26)13-29)4-5-20(27-21)15-10-16(24)12-17(25)11-15/h4-5,10-12,14,18H,6-9,13,26H2,1-3H3,(H,28,31)/t14?,18-/m0/s1. The van der Waals surface area contributed by atoms with Crippen LogP contribution in [0.5, 0.6) is 0 Å². The minimum atomic E-state index is -4.09. The Bertz CT molecular complexity index is 1200. The van der Waals surface area contributed by atoms with Crippen LogP contribution in [-0.4, -0.2) is 54.8 Å². The van der Waals surface area contributed by atoms with Gasteiger partial charge in [0.2, 0.25) is 0 Å². The topological polar surface area (TPSA) is 109 Å². The zero-order chi connectivity index (χ0) is 24.8. The van der Waals surface area contributed by atoms with E-state index >= 15 is 0 Å². The van der Waals surface area contributed by atoms with Gasteiger partial charge in [-0.25, -0.2) is 18.5 Å². The van der Waals surface area contributed by atoms with Gasteiger partial charge in [0.15, 0.2) is 0 Å². The minimum Gasteiger partial charge on any atom is -0.351 e. The molecule has 8 nitrogen and oxygen atoms in total. The fourth-order valence-electron chi connectivity index (χ4n) is 4.51. The van der Waals surface area contributed by atoms with E-state index in [1.807, 2.05) is 18.7 Å². The lowest BCUT2D eigenvalue weighted by Gasteiger charge is -2.36. The molecule has 1 aromatic carbocycles. The van der Waals surface area contributed by atoms with Crippen LogP contribution in [0.2, 0.25) is 0 Å². The number of aromatic nitrogens is 1. The Balaban J connectivity index is 1.75. The summed E-state index contributed by atoms with van der Waals surface area (Å²) in [6.45, 7) is 7.09. The Morgan fingerprint density at radius 3 is 2.38 bits per heavy atom. The quantitative estimate of drug-likeness (QED) is 0.663. The number of amides is 1. The number of pyridine rings is 1. The Kier molecular flexibility index (Phi) is 6.38. The molecule has 4 rings (SSSR count). The second kappa shape index (κ2) is 8.86. The second-order valence-electron chi connectivity index (χ2n) is 9.56. The number of carbonyl (C=O) groups excluding carboxylic acids is 1. The molecule has 2 aliphatic heterocycles. The van der Waals surface area contributed by atoms with E-state index in [0.717, 1.165) is 28.9 Å². The van der Waals surface area contributed by atoms with Crippen LogP contribution in [0.25, 0.3) is 11.3 Å². The number of carbonyl (C=O) groups is 1. The first kappa shape index (κ1) is 24.5. The van der Waals surface area contributed by atoms with E-state index in [4.69, 9.17) is 5.73 Å². The van der Waals surface area contributed by atoms with Crippen LogP contribution in [0, 0.1) is 17.6 Å². The van der Waals surface area contributed by atoms with Crippen molar-refractivity contribution in [3.8, 4) is 11.3 Å². The van der Waals surface area contributed by atoms with E-state index in [9.17, 15) is 22.0 Å². The van der Waals surface area contributed by atoms with Crippen LogP contribution < -0.4 is 15.4 Å². The maximum absolute atomic E-state index is 13.8. The summed E-state index contributed by atoms with van der Waals surface area (Å²) in [5.41, 5.74) is 5.99. The fourth-order valence-corrected chi connectivity index (χ4v) is 5.72. The normalized spacial score (nSPS) is 22.8. The van der Waals surface area contributed by atoms with Crippen molar-refractivity contribution in [3.63, 3.8) is 0 Å². The van der Waals surface area contributed by atoms with Crippen LogP contribution in [0.4, 0.5) is 14.6 Å². The van der Waals surface area contributed by atoms with Gasteiger partial charge >= 0.3 is 10.2 Å². The first-order chi connectivity index (χ1) is 15.9. The maximum atomic E-state index is 13.8. The molecule has 0 saturated carbocycles. The highest BCUT2D eigenvalue weighted by Crippen LogP contribution is 2.39. The van der Waals surface area contributed by atoms with Crippen molar-refractivity contribution in [1.82, 2.24) is 14.0 Å². The van der Waals surface area contributed by atoms with Gasteiger partial charge < -0.3 is 10.6 Å². The van der Waals surface area contributed by atoms with Crippen molar-refractivity contribution in [1.29, 1.82) is 0 Å². The van der Waals surface area contributed by atoms with Crippen molar-refractivity contribution >= 4 is 21.9 Å². The molecule has 3 N–H and O–H groups in total. The highest BCUT2D eigenvalue weighted by molar-refractivity contribution is 7.87. The summed E-state index contributed by atoms with van der Waals surface area (Å²) in [7, 11) is -4.09. The van der Waals surface area contributed by atoms with Gasteiger partial charge in [-0.3, -0.25) is 4.79 Å². The van der Waals surface area contributed by atoms with Gasteiger partial charge in [0, 0.05) is 42.8 Å². The van der Waals surface area contributed by atoms with Crippen LogP contribution >= 0.6 is 0 Å². The number of nitrogens with one attached hydrogen (secondary N) is 1. The van der Waals surface area contributed by atoms with Crippen LogP contribution in [-0.2, 0) is 10.2 Å². The molecular formula is C23H29F2N5O3S. The Labute approximate surface area is 198 Å². The van der Waals surface area contributed by atoms with E-state index in [-0.39, 0.29) is 53.2 Å². The van der Waals surface area contributed by atoms with E-state index in [1.54, 1.807) is 0 Å². The number of hydrogen-bond donors (Lipinski definition) is 2. The summed E-state index contributed by atoms with van der Waals surface area (Å²) in [5, 5.41) is 0. The van der Waals surface area contributed by atoms with Crippen LogP contribution in [0.1, 0.15) is 44.0 Å². The largest absolute Gasteiger partial charge is 0.351 e. The minimum absolute atomic E-state index is 0.0647. The number of anilines is 1. The molecule has 11 heteroatoms. The molecule has 184 valence electrons. The lowest BCUT2D eigenvalue weighted by Crippen LogP contribution is -2.45. The molecular weight excluding hydrogens is 464 g/mol. The lowest BCUT2D eigenvalue weighted by atomic mass is 9.90. The molecule has 0 radical (unpaired) electrons. The number of rotatable bonds is 5. The Morgan fingerprint density at radius 2 is 1.82 bits per heavy atom. The molecule has 3 heterocycles. The molecule has 2 saturated heterocycles. The summed E-state index contributed by atoms with van der Waals surface area (Å²) in [6.07, 6.45) is 1.36. The van der Waals surface area contributed by atoms with Crippen molar-refractivity contribution in [2.45, 2.75) is 45.2 Å². The van der Waals surface area contributed by atoms with Crippen molar-refractivity contribution in [2.75, 3.05) is 24.5 Å². The molecule has 0 spiro atoms. The van der Waals surface area contributed by atoms with E-state index in [0.29, 0.717) is 13.0 Å². The SMILES string of the molecule is CC1CCN(c2nc(-c3cc(F)cc(F)c3)ccc2C(=O)NS(=O)(=O)N2CC[C@H](N)C2)C1(C)C. The molecule has 1 unspecified atom stereocenters. The van der Waals surface area contributed by atoms with Crippen molar-refractivity contribution in [2.24, 2.45) is 11.7 Å². The van der Waals surface area contributed by atoms with Gasteiger partial charge in [0.25, 0.3) is 5.91 Å². The summed E-state index contributed by atoms with van der Waals surface area (Å²) in [6, 6.07) is 5.72. The fraction of sp³-hybridized carbons (Fsp3) is 0.478. The molecule has 0 bridgehead atoms. The second-order valence-corrected chi connectivity index (χ2v) is 11.2. The monoisotopic (exact) mass is 493 g/mol. The number of hydrogen-bond acceptors (Lipinski definition) is 6. The molecule has 1 aromatic heterocycles. The van der Waals surface area contributed by atoms with Gasteiger partial charge in [0.1, 0.15) is 17.5 Å².